The number of likely N-dealkylation sites (N-methyl/N-ethyl adjacent to an activating group) is 1. The summed E-state index contributed by atoms with van der Waals surface area (Å²) in [5, 5.41) is 3.55. The minimum absolute atomic E-state index is 0.377. The predicted molar refractivity (Wildman–Crippen MR) is 87.0 cm³/mol. The van der Waals surface area contributed by atoms with Gasteiger partial charge in [0.25, 0.3) is 0 Å². The van der Waals surface area contributed by atoms with Gasteiger partial charge >= 0.3 is 0 Å². The zero-order chi connectivity index (χ0) is 15.1. The molecule has 0 radical (unpaired) electrons. The molecule has 0 saturated carbocycles. The third-order valence-corrected chi connectivity index (χ3v) is 4.48. The fourth-order valence-electron chi connectivity index (χ4n) is 2.91. The fraction of sp³-hybridized carbons (Fsp3) is 0.667. The van der Waals surface area contributed by atoms with E-state index in [1.54, 1.807) is 0 Å². The fourth-order valence-corrected chi connectivity index (χ4v) is 2.91. The highest BCUT2D eigenvalue weighted by atomic mass is 16.5. The van der Waals surface area contributed by atoms with E-state index in [-0.39, 0.29) is 0 Å². The molecule has 3 heteroatoms. The third-order valence-electron chi connectivity index (χ3n) is 4.48. The van der Waals surface area contributed by atoms with Crippen LogP contribution in [0.1, 0.15) is 45.1 Å². The first kappa shape index (κ1) is 16.3. The summed E-state index contributed by atoms with van der Waals surface area (Å²) in [7, 11) is 0. The van der Waals surface area contributed by atoms with Crippen molar-refractivity contribution < 1.29 is 9.47 Å². The van der Waals surface area contributed by atoms with E-state index in [9.17, 15) is 0 Å². The summed E-state index contributed by atoms with van der Waals surface area (Å²) in [6.45, 7) is 10.1. The minimum Gasteiger partial charge on any atom is -0.492 e. The summed E-state index contributed by atoms with van der Waals surface area (Å²) in [6.07, 6.45) is 2.27. The molecule has 1 aliphatic heterocycles. The Morgan fingerprint density at radius 3 is 2.81 bits per heavy atom. The van der Waals surface area contributed by atoms with Gasteiger partial charge in [-0.25, -0.2) is 0 Å². The molecule has 0 amide bonds. The van der Waals surface area contributed by atoms with Crippen molar-refractivity contribution in [1.29, 1.82) is 0 Å². The summed E-state index contributed by atoms with van der Waals surface area (Å²) in [5.74, 6) is 2.14. The maximum Gasteiger partial charge on any atom is 0.122 e. The van der Waals surface area contributed by atoms with Crippen LogP contribution < -0.4 is 10.1 Å². The van der Waals surface area contributed by atoms with Gasteiger partial charge in [-0.15, -0.1) is 0 Å². The summed E-state index contributed by atoms with van der Waals surface area (Å²) >= 11 is 0. The SMILES string of the molecule is CCNC(COc1ccccc1C(C)CC)C1CCOC1. The van der Waals surface area contributed by atoms with Crippen LogP contribution in [0.25, 0.3) is 0 Å². The second-order valence-electron chi connectivity index (χ2n) is 5.95. The Labute approximate surface area is 129 Å². The average Bonchev–Trinajstić information content (AvgIpc) is 3.05. The molecule has 0 aliphatic carbocycles. The summed E-state index contributed by atoms with van der Waals surface area (Å²) < 4.78 is 11.7. The van der Waals surface area contributed by atoms with E-state index < -0.39 is 0 Å². The minimum atomic E-state index is 0.377. The molecule has 0 aromatic heterocycles. The Kier molecular flexibility index (Phi) is 6.52. The summed E-state index contributed by atoms with van der Waals surface area (Å²) in [6, 6.07) is 8.81. The molecule has 1 N–H and O–H groups in total. The molecular formula is C18H29NO2. The van der Waals surface area contributed by atoms with Crippen molar-refractivity contribution in [1.82, 2.24) is 5.32 Å². The van der Waals surface area contributed by atoms with E-state index >= 15 is 0 Å². The van der Waals surface area contributed by atoms with Crippen LogP contribution in [-0.4, -0.2) is 32.4 Å². The Hall–Kier alpha value is -1.06. The molecule has 1 saturated heterocycles. The molecule has 1 fully saturated rings. The van der Waals surface area contributed by atoms with Gasteiger partial charge in [-0.2, -0.15) is 0 Å². The molecule has 1 heterocycles. The lowest BCUT2D eigenvalue weighted by Gasteiger charge is -2.24. The van der Waals surface area contributed by atoms with Gasteiger partial charge in [-0.05, 0) is 36.9 Å². The number of para-hydroxylation sites is 1. The van der Waals surface area contributed by atoms with E-state index in [2.05, 4.69) is 50.4 Å². The van der Waals surface area contributed by atoms with Crippen LogP contribution in [-0.2, 0) is 4.74 Å². The number of hydrogen-bond donors (Lipinski definition) is 1. The van der Waals surface area contributed by atoms with E-state index in [1.165, 1.54) is 5.56 Å². The first-order chi connectivity index (χ1) is 10.3. The van der Waals surface area contributed by atoms with E-state index in [0.29, 0.717) is 17.9 Å². The smallest absolute Gasteiger partial charge is 0.122 e. The van der Waals surface area contributed by atoms with Gasteiger partial charge in [0.1, 0.15) is 12.4 Å². The molecule has 3 unspecified atom stereocenters. The first-order valence-electron chi connectivity index (χ1n) is 8.29. The second-order valence-corrected chi connectivity index (χ2v) is 5.95. The van der Waals surface area contributed by atoms with Gasteiger partial charge in [-0.3, -0.25) is 0 Å². The largest absolute Gasteiger partial charge is 0.492 e. The molecule has 0 bridgehead atoms. The number of ether oxygens (including phenoxy) is 2. The van der Waals surface area contributed by atoms with Crippen LogP contribution in [0.5, 0.6) is 5.75 Å². The molecule has 1 aromatic carbocycles. The lowest BCUT2D eigenvalue weighted by molar-refractivity contribution is 0.160. The predicted octanol–water partition coefficient (Wildman–Crippen LogP) is 3.59. The lowest BCUT2D eigenvalue weighted by atomic mass is 9.97. The maximum absolute atomic E-state index is 6.17. The molecule has 1 aliphatic rings. The Bertz CT molecular complexity index is 415. The van der Waals surface area contributed by atoms with Crippen molar-refractivity contribution in [2.45, 2.75) is 45.6 Å². The van der Waals surface area contributed by atoms with Crippen molar-refractivity contribution in [3.8, 4) is 5.75 Å². The molecule has 0 spiro atoms. The molecule has 21 heavy (non-hydrogen) atoms. The highest BCUT2D eigenvalue weighted by Crippen LogP contribution is 2.29. The Morgan fingerprint density at radius 1 is 1.33 bits per heavy atom. The quantitative estimate of drug-likeness (QED) is 0.794. The topological polar surface area (TPSA) is 30.5 Å². The highest BCUT2D eigenvalue weighted by Gasteiger charge is 2.26. The van der Waals surface area contributed by atoms with Gasteiger partial charge in [0.15, 0.2) is 0 Å². The van der Waals surface area contributed by atoms with Crippen molar-refractivity contribution in [2.75, 3.05) is 26.4 Å². The maximum atomic E-state index is 6.17. The highest BCUT2D eigenvalue weighted by molar-refractivity contribution is 5.35. The molecule has 118 valence electrons. The molecule has 1 aromatic rings. The monoisotopic (exact) mass is 291 g/mol. The number of benzene rings is 1. The number of rotatable bonds is 8. The van der Waals surface area contributed by atoms with Crippen LogP contribution in [0, 0.1) is 5.92 Å². The van der Waals surface area contributed by atoms with Gasteiger partial charge < -0.3 is 14.8 Å². The molecule has 3 nitrogen and oxygen atoms in total. The molecule has 2 rings (SSSR count). The summed E-state index contributed by atoms with van der Waals surface area (Å²) in [4.78, 5) is 0. The van der Waals surface area contributed by atoms with E-state index in [1.807, 2.05) is 0 Å². The molecular weight excluding hydrogens is 262 g/mol. The number of nitrogens with one attached hydrogen (secondary N) is 1. The lowest BCUT2D eigenvalue weighted by Crippen LogP contribution is -2.41. The van der Waals surface area contributed by atoms with Crippen LogP contribution in [0.4, 0.5) is 0 Å². The van der Waals surface area contributed by atoms with Crippen molar-refractivity contribution >= 4 is 0 Å². The van der Waals surface area contributed by atoms with Gasteiger partial charge in [0, 0.05) is 18.6 Å². The van der Waals surface area contributed by atoms with Crippen LogP contribution in [0.2, 0.25) is 0 Å². The van der Waals surface area contributed by atoms with Crippen LogP contribution in [0.15, 0.2) is 24.3 Å². The zero-order valence-corrected chi connectivity index (χ0v) is 13.6. The molecule has 3 atom stereocenters. The van der Waals surface area contributed by atoms with Crippen molar-refractivity contribution in [3.63, 3.8) is 0 Å². The standard InChI is InChI=1S/C18H29NO2/c1-4-14(3)16-8-6-7-9-18(16)21-13-17(19-5-2)15-10-11-20-12-15/h6-9,14-15,17,19H,4-5,10-13H2,1-3H3. The van der Waals surface area contributed by atoms with Crippen molar-refractivity contribution in [3.05, 3.63) is 29.8 Å². The number of hydrogen-bond acceptors (Lipinski definition) is 3. The third kappa shape index (κ3) is 4.45. The first-order valence-corrected chi connectivity index (χ1v) is 8.29. The Morgan fingerprint density at radius 2 is 2.14 bits per heavy atom. The average molecular weight is 291 g/mol. The van der Waals surface area contributed by atoms with Gasteiger partial charge in [-0.1, -0.05) is 39.0 Å². The van der Waals surface area contributed by atoms with Crippen LogP contribution >= 0.6 is 0 Å². The van der Waals surface area contributed by atoms with E-state index in [0.717, 1.165) is 45.0 Å². The summed E-state index contributed by atoms with van der Waals surface area (Å²) in [5.41, 5.74) is 1.32. The Balaban J connectivity index is 1.99. The van der Waals surface area contributed by atoms with E-state index in [4.69, 9.17) is 9.47 Å². The normalized spacial score (nSPS) is 21.2. The van der Waals surface area contributed by atoms with Gasteiger partial charge in [0.05, 0.1) is 6.61 Å². The van der Waals surface area contributed by atoms with Crippen LogP contribution in [0.3, 0.4) is 0 Å². The van der Waals surface area contributed by atoms with Gasteiger partial charge in [0.2, 0.25) is 0 Å². The van der Waals surface area contributed by atoms with Crippen molar-refractivity contribution in [2.24, 2.45) is 5.92 Å². The second kappa shape index (κ2) is 8.40. The zero-order valence-electron chi connectivity index (χ0n) is 13.6.